The van der Waals surface area contributed by atoms with Gasteiger partial charge in [0.15, 0.2) is 0 Å². The zero-order chi connectivity index (χ0) is 12.2. The summed E-state index contributed by atoms with van der Waals surface area (Å²) in [5.41, 5.74) is -0.531. The summed E-state index contributed by atoms with van der Waals surface area (Å²) in [6.45, 7) is 9.09. The molecule has 1 aliphatic heterocycles. The molecule has 0 saturated carbocycles. The minimum Gasteiger partial charge on any atom is -0.481 e. The van der Waals surface area contributed by atoms with E-state index < -0.39 is 11.4 Å². The average molecular weight is 227 g/mol. The van der Waals surface area contributed by atoms with Crippen molar-refractivity contribution in [3.8, 4) is 0 Å². The summed E-state index contributed by atoms with van der Waals surface area (Å²) in [7, 11) is 0. The highest BCUT2D eigenvalue weighted by Gasteiger charge is 2.37. The summed E-state index contributed by atoms with van der Waals surface area (Å²) in [6.07, 6.45) is 3.95. The lowest BCUT2D eigenvalue weighted by molar-refractivity contribution is -0.151. The molecule has 1 heterocycles. The second-order valence-electron chi connectivity index (χ2n) is 5.28. The Kier molecular flexibility index (Phi) is 4.78. The van der Waals surface area contributed by atoms with Gasteiger partial charge < -0.3 is 10.0 Å². The predicted octanol–water partition coefficient (Wildman–Crippen LogP) is 2.61. The van der Waals surface area contributed by atoms with Gasteiger partial charge in [-0.1, -0.05) is 20.8 Å². The summed E-state index contributed by atoms with van der Waals surface area (Å²) < 4.78 is 0. The van der Waals surface area contributed by atoms with Crippen molar-refractivity contribution in [1.29, 1.82) is 0 Å². The van der Waals surface area contributed by atoms with E-state index in [2.05, 4.69) is 11.8 Å². The monoisotopic (exact) mass is 227 g/mol. The van der Waals surface area contributed by atoms with E-state index in [1.54, 1.807) is 0 Å². The van der Waals surface area contributed by atoms with Crippen LogP contribution in [0, 0.1) is 11.3 Å². The Morgan fingerprint density at radius 2 is 2.06 bits per heavy atom. The van der Waals surface area contributed by atoms with Crippen LogP contribution >= 0.6 is 0 Å². The fourth-order valence-electron chi connectivity index (χ4n) is 2.70. The number of rotatable bonds is 5. The molecule has 16 heavy (non-hydrogen) atoms. The molecule has 1 N–H and O–H groups in total. The zero-order valence-electron chi connectivity index (χ0n) is 10.8. The van der Waals surface area contributed by atoms with Gasteiger partial charge >= 0.3 is 5.97 Å². The van der Waals surface area contributed by atoms with E-state index in [4.69, 9.17) is 0 Å². The molecule has 1 aliphatic rings. The van der Waals surface area contributed by atoms with E-state index in [1.165, 1.54) is 12.8 Å². The number of hydrogen-bond acceptors (Lipinski definition) is 2. The molecule has 1 saturated heterocycles. The largest absolute Gasteiger partial charge is 0.481 e. The van der Waals surface area contributed by atoms with Gasteiger partial charge in [-0.15, -0.1) is 0 Å². The van der Waals surface area contributed by atoms with Crippen LogP contribution in [-0.2, 0) is 4.79 Å². The highest BCUT2D eigenvalue weighted by Crippen LogP contribution is 2.29. The third-order valence-corrected chi connectivity index (χ3v) is 4.07. The van der Waals surface area contributed by atoms with Crippen LogP contribution in [0.15, 0.2) is 0 Å². The fourth-order valence-corrected chi connectivity index (χ4v) is 2.70. The molecule has 1 fully saturated rings. The van der Waals surface area contributed by atoms with Gasteiger partial charge in [0, 0.05) is 13.1 Å². The number of piperidine rings is 1. The molecule has 1 atom stereocenters. The van der Waals surface area contributed by atoms with Crippen molar-refractivity contribution in [2.75, 3.05) is 19.6 Å². The summed E-state index contributed by atoms with van der Waals surface area (Å²) in [6, 6.07) is 0. The average Bonchev–Trinajstić information content (AvgIpc) is 2.25. The first-order chi connectivity index (χ1) is 7.54. The molecule has 0 aromatic heterocycles. The van der Waals surface area contributed by atoms with Crippen molar-refractivity contribution in [3.05, 3.63) is 0 Å². The Hall–Kier alpha value is -0.570. The molecule has 0 radical (unpaired) electrons. The van der Waals surface area contributed by atoms with Crippen LogP contribution in [0.25, 0.3) is 0 Å². The second-order valence-corrected chi connectivity index (χ2v) is 5.28. The highest BCUT2D eigenvalue weighted by molar-refractivity contribution is 5.74. The first kappa shape index (κ1) is 13.5. The first-order valence-electron chi connectivity index (χ1n) is 6.50. The van der Waals surface area contributed by atoms with Gasteiger partial charge in [0.05, 0.1) is 5.41 Å². The van der Waals surface area contributed by atoms with Gasteiger partial charge in [-0.2, -0.15) is 0 Å². The van der Waals surface area contributed by atoms with E-state index >= 15 is 0 Å². The van der Waals surface area contributed by atoms with Crippen LogP contribution in [0.1, 0.15) is 46.5 Å². The van der Waals surface area contributed by atoms with Crippen molar-refractivity contribution < 1.29 is 9.90 Å². The van der Waals surface area contributed by atoms with Crippen LogP contribution in [0.5, 0.6) is 0 Å². The molecule has 3 nitrogen and oxygen atoms in total. The van der Waals surface area contributed by atoms with Gasteiger partial charge in [0.1, 0.15) is 0 Å². The Morgan fingerprint density at radius 1 is 1.44 bits per heavy atom. The number of hydrogen-bond donors (Lipinski definition) is 1. The maximum atomic E-state index is 11.4. The lowest BCUT2D eigenvalue weighted by atomic mass is 9.81. The van der Waals surface area contributed by atoms with Gasteiger partial charge in [-0.05, 0) is 38.1 Å². The quantitative estimate of drug-likeness (QED) is 0.785. The van der Waals surface area contributed by atoms with Crippen molar-refractivity contribution in [2.24, 2.45) is 11.3 Å². The van der Waals surface area contributed by atoms with Crippen LogP contribution in [-0.4, -0.2) is 35.6 Å². The van der Waals surface area contributed by atoms with E-state index in [1.807, 2.05) is 13.8 Å². The topological polar surface area (TPSA) is 40.5 Å². The minimum absolute atomic E-state index is 0.531. The molecule has 94 valence electrons. The number of carboxylic acid groups (broad SMARTS) is 1. The molecular weight excluding hydrogens is 202 g/mol. The predicted molar refractivity (Wildman–Crippen MR) is 65.5 cm³/mol. The van der Waals surface area contributed by atoms with Crippen LogP contribution < -0.4 is 0 Å². The van der Waals surface area contributed by atoms with Gasteiger partial charge in [-0.3, -0.25) is 4.79 Å². The van der Waals surface area contributed by atoms with Crippen LogP contribution in [0.4, 0.5) is 0 Å². The molecular formula is C13H25NO2. The number of aliphatic carboxylic acids is 1. The SMILES string of the molecule is CCC(CC)(CN1CCCC(C)C1)C(=O)O. The number of likely N-dealkylation sites (tertiary alicyclic amines) is 1. The van der Waals surface area contributed by atoms with Gasteiger partial charge in [-0.25, -0.2) is 0 Å². The molecule has 0 bridgehead atoms. The second kappa shape index (κ2) is 5.67. The molecule has 0 amide bonds. The molecule has 0 aromatic carbocycles. The Bertz CT molecular complexity index is 236. The molecule has 1 rings (SSSR count). The first-order valence-corrected chi connectivity index (χ1v) is 6.50. The Morgan fingerprint density at radius 3 is 2.50 bits per heavy atom. The van der Waals surface area contributed by atoms with Crippen LogP contribution in [0.3, 0.4) is 0 Å². The molecule has 3 heteroatoms. The summed E-state index contributed by atoms with van der Waals surface area (Å²) in [4.78, 5) is 13.8. The minimum atomic E-state index is -0.629. The third-order valence-electron chi connectivity index (χ3n) is 4.07. The number of carbonyl (C=O) groups is 1. The maximum absolute atomic E-state index is 11.4. The smallest absolute Gasteiger partial charge is 0.310 e. The van der Waals surface area contributed by atoms with Crippen molar-refractivity contribution >= 4 is 5.97 Å². The highest BCUT2D eigenvalue weighted by atomic mass is 16.4. The Labute approximate surface area is 98.8 Å². The fraction of sp³-hybridized carbons (Fsp3) is 0.923. The zero-order valence-corrected chi connectivity index (χ0v) is 10.8. The van der Waals surface area contributed by atoms with Crippen LogP contribution in [0.2, 0.25) is 0 Å². The van der Waals surface area contributed by atoms with Crippen molar-refractivity contribution in [1.82, 2.24) is 4.90 Å². The maximum Gasteiger partial charge on any atom is 0.310 e. The molecule has 0 aliphatic carbocycles. The summed E-state index contributed by atoms with van der Waals surface area (Å²) >= 11 is 0. The summed E-state index contributed by atoms with van der Waals surface area (Å²) in [5, 5.41) is 9.39. The van der Waals surface area contributed by atoms with E-state index in [-0.39, 0.29) is 0 Å². The third kappa shape index (κ3) is 2.97. The lowest BCUT2D eigenvalue weighted by Crippen LogP contribution is -2.46. The van der Waals surface area contributed by atoms with E-state index in [0.717, 1.165) is 32.5 Å². The van der Waals surface area contributed by atoms with Crippen molar-refractivity contribution in [3.63, 3.8) is 0 Å². The van der Waals surface area contributed by atoms with Crippen molar-refractivity contribution in [2.45, 2.75) is 46.5 Å². The molecule has 1 unspecified atom stereocenters. The van der Waals surface area contributed by atoms with E-state index in [0.29, 0.717) is 5.92 Å². The van der Waals surface area contributed by atoms with Gasteiger partial charge in [0.25, 0.3) is 0 Å². The summed E-state index contributed by atoms with van der Waals surface area (Å²) in [5.74, 6) is 0.0877. The molecule has 0 aromatic rings. The van der Waals surface area contributed by atoms with E-state index in [9.17, 15) is 9.90 Å². The van der Waals surface area contributed by atoms with Gasteiger partial charge in [0.2, 0.25) is 0 Å². The lowest BCUT2D eigenvalue weighted by Gasteiger charge is -2.37. The molecule has 0 spiro atoms. The standard InChI is InChI=1S/C13H25NO2/c1-4-13(5-2,12(15)16)10-14-8-6-7-11(3)9-14/h11H,4-10H2,1-3H3,(H,15,16). The Balaban J connectivity index is 2.64. The number of nitrogens with zero attached hydrogens (tertiary/aromatic N) is 1. The number of carboxylic acids is 1. The normalized spacial score (nSPS) is 23.3.